The molecule has 10 rings (SSSR count). The van der Waals surface area contributed by atoms with E-state index < -0.39 is 0 Å². The number of aryl methyl sites for hydroxylation is 1. The molecule has 53 heavy (non-hydrogen) atoms. The van der Waals surface area contributed by atoms with Crippen molar-refractivity contribution in [2.24, 2.45) is 0 Å². The van der Waals surface area contributed by atoms with Crippen LogP contribution in [-0.2, 0) is 5.41 Å². The lowest BCUT2D eigenvalue weighted by Gasteiger charge is -2.45. The highest BCUT2D eigenvalue weighted by Gasteiger charge is 2.42. The highest BCUT2D eigenvalue weighted by atomic mass is 16.5. The van der Waals surface area contributed by atoms with E-state index >= 15 is 0 Å². The number of benzene rings is 8. The van der Waals surface area contributed by atoms with Crippen molar-refractivity contribution in [3.63, 3.8) is 0 Å². The fraction of sp³-hybridized carbons (Fsp3) is 0.0800. The normalized spacial score (nSPS) is 13.5. The van der Waals surface area contributed by atoms with Crippen LogP contribution in [0.15, 0.2) is 176 Å². The van der Waals surface area contributed by atoms with Crippen LogP contribution in [0.25, 0.3) is 33.0 Å². The maximum absolute atomic E-state index is 6.60. The van der Waals surface area contributed by atoms with E-state index in [1.54, 1.807) is 0 Å². The lowest BCUT2D eigenvalue weighted by molar-refractivity contribution is 0.471. The third kappa shape index (κ3) is 4.96. The van der Waals surface area contributed by atoms with Crippen LogP contribution in [0.4, 0.5) is 34.1 Å². The molecule has 2 heterocycles. The highest BCUT2D eigenvalue weighted by Crippen LogP contribution is 2.61. The summed E-state index contributed by atoms with van der Waals surface area (Å²) >= 11 is 0. The van der Waals surface area contributed by atoms with E-state index in [1.165, 1.54) is 55.4 Å². The molecule has 0 saturated carbocycles. The van der Waals surface area contributed by atoms with Crippen LogP contribution < -0.4 is 14.5 Å². The van der Waals surface area contributed by atoms with Gasteiger partial charge in [-0.25, -0.2) is 0 Å². The first kappa shape index (κ1) is 31.2. The minimum atomic E-state index is -0.235. The zero-order chi connectivity index (χ0) is 35.7. The molecule has 0 radical (unpaired) electrons. The third-order valence-corrected chi connectivity index (χ3v) is 11.2. The summed E-state index contributed by atoms with van der Waals surface area (Å²) in [7, 11) is 0. The van der Waals surface area contributed by atoms with Crippen molar-refractivity contribution in [1.82, 2.24) is 0 Å². The molecule has 0 N–H and O–H groups in total. The Balaban J connectivity index is 1.15. The lowest BCUT2D eigenvalue weighted by Crippen LogP contribution is -2.32. The summed E-state index contributed by atoms with van der Waals surface area (Å²) in [5, 5.41) is 2.50. The van der Waals surface area contributed by atoms with E-state index in [0.29, 0.717) is 0 Å². The molecule has 0 aliphatic carbocycles. The molecule has 2 aliphatic rings. The van der Waals surface area contributed by atoms with Gasteiger partial charge in [-0.05, 0) is 105 Å². The number of ether oxygens (including phenoxy) is 1. The first-order valence-corrected chi connectivity index (χ1v) is 18.4. The number of rotatable bonds is 5. The summed E-state index contributed by atoms with van der Waals surface area (Å²) in [6.07, 6.45) is 0. The van der Waals surface area contributed by atoms with Crippen molar-refractivity contribution in [3.8, 4) is 33.8 Å². The van der Waals surface area contributed by atoms with Crippen LogP contribution in [0.2, 0.25) is 0 Å². The predicted molar refractivity (Wildman–Crippen MR) is 221 cm³/mol. The highest BCUT2D eigenvalue weighted by molar-refractivity contribution is 5.98. The molecule has 0 fully saturated rings. The van der Waals surface area contributed by atoms with Gasteiger partial charge >= 0.3 is 0 Å². The first-order valence-electron chi connectivity index (χ1n) is 18.4. The quantitative estimate of drug-likeness (QED) is 0.180. The van der Waals surface area contributed by atoms with E-state index in [1.807, 2.05) is 0 Å². The molecule has 2 aliphatic heterocycles. The van der Waals surface area contributed by atoms with Crippen LogP contribution in [-0.4, -0.2) is 0 Å². The van der Waals surface area contributed by atoms with Crippen LogP contribution in [0, 0.1) is 6.92 Å². The molecule has 0 amide bonds. The summed E-state index contributed by atoms with van der Waals surface area (Å²) in [4.78, 5) is 4.83. The van der Waals surface area contributed by atoms with Gasteiger partial charge in [0, 0.05) is 22.5 Å². The van der Waals surface area contributed by atoms with Gasteiger partial charge in [-0.15, -0.1) is 0 Å². The lowest BCUT2D eigenvalue weighted by atomic mass is 9.73. The Labute approximate surface area is 311 Å². The number of fused-ring (bicyclic) bond motifs is 5. The second-order valence-corrected chi connectivity index (χ2v) is 14.7. The second-order valence-electron chi connectivity index (χ2n) is 14.7. The van der Waals surface area contributed by atoms with Crippen molar-refractivity contribution in [3.05, 3.63) is 193 Å². The van der Waals surface area contributed by atoms with E-state index in [9.17, 15) is 0 Å². The van der Waals surface area contributed by atoms with E-state index in [4.69, 9.17) is 4.74 Å². The SMILES string of the molecule is Cc1cccc2c1N1c3cc(N(c4ccc(-c5ccccc5)cc4)c4ccc(-c5cccc6ccccc56)cc4)ccc3C(C)(C)c3cccc(c31)O2. The zero-order valence-electron chi connectivity index (χ0n) is 30.0. The summed E-state index contributed by atoms with van der Waals surface area (Å²) in [5.41, 5.74) is 15.0. The Kier molecular flexibility index (Phi) is 7.06. The van der Waals surface area contributed by atoms with Gasteiger partial charge in [-0.2, -0.15) is 0 Å². The summed E-state index contributed by atoms with van der Waals surface area (Å²) < 4.78 is 6.60. The van der Waals surface area contributed by atoms with Gasteiger partial charge < -0.3 is 14.5 Å². The van der Waals surface area contributed by atoms with Gasteiger partial charge in [-0.3, -0.25) is 0 Å². The van der Waals surface area contributed by atoms with Gasteiger partial charge in [-0.1, -0.05) is 141 Å². The Hall–Kier alpha value is -6.58. The number of hydrogen-bond donors (Lipinski definition) is 0. The topological polar surface area (TPSA) is 15.7 Å². The molecule has 8 aromatic carbocycles. The van der Waals surface area contributed by atoms with Crippen molar-refractivity contribution >= 4 is 44.9 Å². The average molecular weight is 683 g/mol. The molecule has 3 nitrogen and oxygen atoms in total. The summed E-state index contributed by atoms with van der Waals surface area (Å²) in [6.45, 7) is 6.84. The number of nitrogens with zero attached hydrogens (tertiary/aromatic N) is 2. The van der Waals surface area contributed by atoms with Crippen molar-refractivity contribution in [1.29, 1.82) is 0 Å². The molecular formula is C50H38N2O. The minimum absolute atomic E-state index is 0.235. The Morgan fingerprint density at radius 1 is 0.491 bits per heavy atom. The fourth-order valence-electron chi connectivity index (χ4n) is 8.48. The molecule has 0 aromatic heterocycles. The van der Waals surface area contributed by atoms with Gasteiger partial charge in [0.05, 0.1) is 17.1 Å². The van der Waals surface area contributed by atoms with Crippen LogP contribution >= 0.6 is 0 Å². The van der Waals surface area contributed by atoms with Crippen LogP contribution in [0.3, 0.4) is 0 Å². The van der Waals surface area contributed by atoms with E-state index in [0.717, 1.165) is 39.9 Å². The van der Waals surface area contributed by atoms with Crippen molar-refractivity contribution in [2.45, 2.75) is 26.2 Å². The van der Waals surface area contributed by atoms with Gasteiger partial charge in [0.1, 0.15) is 0 Å². The molecule has 8 aromatic rings. The van der Waals surface area contributed by atoms with E-state index in [2.05, 4.69) is 206 Å². The second kappa shape index (κ2) is 12.0. The fourth-order valence-corrected chi connectivity index (χ4v) is 8.48. The molecule has 0 saturated heterocycles. The van der Waals surface area contributed by atoms with Crippen molar-refractivity contribution < 1.29 is 4.74 Å². The maximum Gasteiger partial charge on any atom is 0.151 e. The molecule has 0 unspecified atom stereocenters. The van der Waals surface area contributed by atoms with Gasteiger partial charge in [0.2, 0.25) is 0 Å². The Bertz CT molecular complexity index is 2670. The monoisotopic (exact) mass is 682 g/mol. The molecule has 3 heteroatoms. The first-order chi connectivity index (χ1) is 26.0. The molecule has 0 bridgehead atoms. The average Bonchev–Trinajstić information content (AvgIpc) is 3.20. The summed E-state index contributed by atoms with van der Waals surface area (Å²) in [5.74, 6) is 1.77. The number of anilines is 6. The van der Waals surface area contributed by atoms with Crippen LogP contribution in [0.5, 0.6) is 11.5 Å². The van der Waals surface area contributed by atoms with Crippen molar-refractivity contribution in [2.75, 3.05) is 9.80 Å². The smallest absolute Gasteiger partial charge is 0.151 e. The molecule has 0 spiro atoms. The number of para-hydroxylation sites is 2. The molecule has 0 atom stereocenters. The van der Waals surface area contributed by atoms with Gasteiger partial charge in [0.25, 0.3) is 0 Å². The van der Waals surface area contributed by atoms with Crippen LogP contribution in [0.1, 0.15) is 30.5 Å². The third-order valence-electron chi connectivity index (χ3n) is 11.2. The summed E-state index contributed by atoms with van der Waals surface area (Å²) in [6, 6.07) is 63.5. The Morgan fingerprint density at radius 3 is 1.87 bits per heavy atom. The standard InChI is InChI=1S/C50H38N2O/c1-33-12-9-20-46-48(33)52-45-32-40(30-31-43(45)50(2,3)44-19-11-21-47(53-46)49(44)52)51(38-26-22-35(23-27-38)34-13-5-4-6-14-34)39-28-24-37(25-29-39)42-18-10-16-36-15-7-8-17-41(36)42/h4-32H,1-3H3. The van der Waals surface area contributed by atoms with E-state index in [-0.39, 0.29) is 5.41 Å². The molecule has 254 valence electrons. The zero-order valence-corrected chi connectivity index (χ0v) is 30.0. The molecular weight excluding hydrogens is 645 g/mol. The predicted octanol–water partition coefficient (Wildman–Crippen LogP) is 14.2. The minimum Gasteiger partial charge on any atom is -0.453 e. The Morgan fingerprint density at radius 2 is 1.09 bits per heavy atom. The number of hydrogen-bond acceptors (Lipinski definition) is 3. The maximum atomic E-state index is 6.60. The van der Waals surface area contributed by atoms with Gasteiger partial charge in [0.15, 0.2) is 11.5 Å². The largest absolute Gasteiger partial charge is 0.453 e.